The van der Waals surface area contributed by atoms with Crippen LogP contribution in [0.4, 0.5) is 0 Å². The third-order valence-corrected chi connectivity index (χ3v) is 4.66. The third kappa shape index (κ3) is 3.50. The molecule has 141 valence electrons. The molecule has 8 heteroatoms. The van der Waals surface area contributed by atoms with Crippen LogP contribution in [0.1, 0.15) is 11.1 Å². The third-order valence-electron chi connectivity index (χ3n) is 4.40. The van der Waals surface area contributed by atoms with Gasteiger partial charge in [-0.05, 0) is 23.3 Å². The van der Waals surface area contributed by atoms with Crippen LogP contribution in [0.15, 0.2) is 54.6 Å². The fourth-order valence-electron chi connectivity index (χ4n) is 3.08. The van der Waals surface area contributed by atoms with Crippen molar-refractivity contribution in [1.29, 1.82) is 5.26 Å². The number of esters is 1. The molecule has 29 heavy (non-hydrogen) atoms. The van der Waals surface area contributed by atoms with Gasteiger partial charge < -0.3 is 4.74 Å². The van der Waals surface area contributed by atoms with Crippen LogP contribution < -0.4 is 10.7 Å². The van der Waals surface area contributed by atoms with E-state index >= 15 is 0 Å². The minimum atomic E-state index is -0.733. The molecule has 0 saturated carbocycles. The van der Waals surface area contributed by atoms with Crippen molar-refractivity contribution in [2.75, 3.05) is 7.11 Å². The van der Waals surface area contributed by atoms with Crippen molar-refractivity contribution in [1.82, 2.24) is 15.8 Å². The van der Waals surface area contributed by atoms with E-state index in [1.165, 1.54) is 7.11 Å². The Balaban J connectivity index is 1.76. The van der Waals surface area contributed by atoms with Gasteiger partial charge in [0.15, 0.2) is 12.3 Å². The van der Waals surface area contributed by atoms with Gasteiger partial charge in [0, 0.05) is 5.02 Å². The highest BCUT2D eigenvalue weighted by Gasteiger charge is 2.61. The summed E-state index contributed by atoms with van der Waals surface area (Å²) in [6.45, 7) is 0. The number of piperidine rings is 1. The smallest absolute Gasteiger partial charge is 0.317 e. The summed E-state index contributed by atoms with van der Waals surface area (Å²) in [5, 5.41) is 28.5. The Hall–Kier alpha value is -2.47. The quantitative estimate of drug-likeness (QED) is 0.734. The average molecular weight is 404 g/mol. The van der Waals surface area contributed by atoms with Gasteiger partial charge in [0.05, 0.1) is 19.1 Å². The first-order chi connectivity index (χ1) is 14.0. The fourth-order valence-corrected chi connectivity index (χ4v) is 3.21. The predicted octanol–water partition coefficient (Wildman–Crippen LogP) is 2.51. The molecule has 0 spiro atoms. The zero-order valence-corrected chi connectivity index (χ0v) is 15.8. The molecular formula is C21H12ClN4O3. The van der Waals surface area contributed by atoms with Gasteiger partial charge in [-0.3, -0.25) is 4.79 Å². The summed E-state index contributed by atoms with van der Waals surface area (Å²) in [6.07, 6.45) is -0.399. The lowest BCUT2D eigenvalue weighted by atomic mass is 9.72. The molecule has 2 aromatic carbocycles. The summed E-state index contributed by atoms with van der Waals surface area (Å²) in [5.74, 6) is -0.839. The number of ether oxygens (including phenoxy) is 1. The first-order valence-corrected chi connectivity index (χ1v) is 8.86. The van der Waals surface area contributed by atoms with Gasteiger partial charge in [-0.15, -0.1) is 5.43 Å². The van der Waals surface area contributed by atoms with Crippen molar-refractivity contribution in [3.05, 3.63) is 107 Å². The molecule has 0 bridgehead atoms. The normalized spacial score (nSPS) is 20.5. The van der Waals surface area contributed by atoms with Crippen LogP contribution in [-0.4, -0.2) is 18.1 Å². The Labute approximate surface area is 173 Å². The highest BCUT2D eigenvalue weighted by molar-refractivity contribution is 6.30. The fraction of sp³-hybridized carbons (Fsp3) is 0.0476. The number of hydrogen-bond acceptors (Lipinski definition) is 4. The molecule has 0 aromatic heterocycles. The van der Waals surface area contributed by atoms with Crippen LogP contribution in [0.2, 0.25) is 5.02 Å². The molecule has 0 N–H and O–H groups in total. The lowest BCUT2D eigenvalue weighted by molar-refractivity contribution is -0.139. The lowest BCUT2D eigenvalue weighted by Crippen LogP contribution is -2.50. The number of nitrogens with zero attached hydrogens (tertiary/aromatic N) is 4. The van der Waals surface area contributed by atoms with E-state index in [0.717, 1.165) is 5.01 Å². The lowest BCUT2D eigenvalue weighted by Gasteiger charge is -2.40. The Morgan fingerprint density at radius 2 is 1.79 bits per heavy atom. The van der Waals surface area contributed by atoms with Gasteiger partial charge in [0.2, 0.25) is 6.23 Å². The van der Waals surface area contributed by atoms with E-state index in [9.17, 15) is 15.2 Å². The molecule has 0 atom stereocenters. The predicted molar refractivity (Wildman–Crippen MR) is 100.0 cm³/mol. The van der Waals surface area contributed by atoms with E-state index in [-0.39, 0.29) is 30.1 Å². The molecule has 7 nitrogen and oxygen atoms in total. The molecule has 2 aromatic rings. The van der Waals surface area contributed by atoms with E-state index in [2.05, 4.69) is 10.7 Å². The molecule has 2 heterocycles. The number of fused-ring (bicyclic) bond motifs is 1. The molecular weight excluding hydrogens is 392 g/mol. The number of rotatable bonds is 3. The Morgan fingerprint density at radius 3 is 2.41 bits per heavy atom. The Morgan fingerprint density at radius 1 is 1.10 bits per heavy atom. The van der Waals surface area contributed by atoms with E-state index in [0.29, 0.717) is 16.1 Å². The maximum absolute atomic E-state index is 13.0. The Bertz CT molecular complexity index is 918. The van der Waals surface area contributed by atoms with E-state index in [4.69, 9.17) is 16.3 Å². The number of hydrogen-bond donors (Lipinski definition) is 0. The van der Waals surface area contributed by atoms with E-state index < -0.39 is 12.2 Å². The minimum absolute atomic E-state index is 0.0133. The summed E-state index contributed by atoms with van der Waals surface area (Å²) in [7, 11) is 1.22. The van der Waals surface area contributed by atoms with E-state index in [1.54, 1.807) is 48.5 Å². The maximum Gasteiger partial charge on any atom is 0.317 e. The maximum atomic E-state index is 13.0. The average Bonchev–Trinajstić information content (AvgIpc) is 3.20. The number of carbonyl (C=O) groups excluding carboxylic acids is 1. The summed E-state index contributed by atoms with van der Waals surface area (Å²) >= 11 is 5.96. The molecule has 2 fully saturated rings. The molecule has 0 amide bonds. The SMILES string of the molecule is COC(=O)[C]1[C](c2ccc(Cl)cc2)[C](C#N)[C]([O])N2[N][C](c3ccccc3)[N][C]12. The number of methoxy groups -OCH3 is 1. The second kappa shape index (κ2) is 8.11. The van der Waals surface area contributed by atoms with Crippen LogP contribution >= 0.6 is 11.6 Å². The van der Waals surface area contributed by atoms with Crippen LogP contribution in [-0.2, 0) is 14.6 Å². The second-order valence-corrected chi connectivity index (χ2v) is 6.51. The highest BCUT2D eigenvalue weighted by atomic mass is 35.5. The molecule has 0 unspecified atom stereocenters. The summed E-state index contributed by atoms with van der Waals surface area (Å²) < 4.78 is 4.93. The first kappa shape index (κ1) is 19.8. The minimum Gasteiger partial charge on any atom is -0.468 e. The van der Waals surface area contributed by atoms with Gasteiger partial charge >= 0.3 is 5.97 Å². The summed E-state index contributed by atoms with van der Waals surface area (Å²) in [6, 6.07) is 17.4. The van der Waals surface area contributed by atoms with Gasteiger partial charge in [0.25, 0.3) is 0 Å². The second-order valence-electron chi connectivity index (χ2n) is 6.08. The zero-order chi connectivity index (χ0) is 20.5. The van der Waals surface area contributed by atoms with Gasteiger partial charge in [0.1, 0.15) is 11.8 Å². The summed E-state index contributed by atoms with van der Waals surface area (Å²) in [4.78, 5) is 12.7. The largest absolute Gasteiger partial charge is 0.468 e. The molecule has 2 aliphatic heterocycles. The van der Waals surface area contributed by atoms with Crippen molar-refractivity contribution < 1.29 is 14.6 Å². The van der Waals surface area contributed by atoms with Crippen molar-refractivity contribution in [2.45, 2.75) is 0 Å². The zero-order valence-electron chi connectivity index (χ0n) is 15.1. The van der Waals surface area contributed by atoms with Crippen LogP contribution in [0.3, 0.4) is 0 Å². The van der Waals surface area contributed by atoms with Crippen molar-refractivity contribution in [3.63, 3.8) is 0 Å². The van der Waals surface area contributed by atoms with Crippen LogP contribution in [0.25, 0.3) is 0 Å². The Kier molecular flexibility index (Phi) is 5.54. The standard InChI is InChI=1S/C21H12ClN4O3/c1-29-21(28)17-16(12-7-9-14(22)10-8-12)15(11-23)20(27)26-19(17)24-18(25-26)13-5-3-2-4-6-13/h2-10H,1H3. The molecule has 9 radical (unpaired) electrons. The molecule has 2 aliphatic rings. The molecule has 0 aliphatic carbocycles. The number of benzene rings is 2. The molecule has 4 rings (SSSR count). The highest BCUT2D eigenvalue weighted by Crippen LogP contribution is 2.53. The van der Waals surface area contributed by atoms with Crippen LogP contribution in [0, 0.1) is 47.6 Å². The van der Waals surface area contributed by atoms with Crippen LogP contribution in [0.5, 0.6) is 0 Å². The topological polar surface area (TPSA) is 101 Å². The first-order valence-electron chi connectivity index (χ1n) is 8.48. The number of halogens is 1. The van der Waals surface area contributed by atoms with Gasteiger partial charge in [-0.2, -0.15) is 15.6 Å². The van der Waals surface area contributed by atoms with Gasteiger partial charge in [-0.1, -0.05) is 54.1 Å². The van der Waals surface area contributed by atoms with Gasteiger partial charge in [-0.25, -0.2) is 5.11 Å². The number of nitriles is 1. The number of carbonyl (C=O) groups is 1. The molecule has 2 saturated heterocycles. The monoisotopic (exact) mass is 403 g/mol. The summed E-state index contributed by atoms with van der Waals surface area (Å²) in [5.41, 5.74) is 5.36. The van der Waals surface area contributed by atoms with Crippen molar-refractivity contribution in [2.24, 2.45) is 0 Å². The van der Waals surface area contributed by atoms with Crippen molar-refractivity contribution in [3.8, 4) is 6.07 Å². The van der Waals surface area contributed by atoms with Crippen molar-refractivity contribution >= 4 is 17.6 Å². The van der Waals surface area contributed by atoms with E-state index in [1.807, 2.05) is 12.1 Å².